The molecule has 0 aliphatic rings. The Kier molecular flexibility index (Phi) is 5.83. The zero-order valence-electron chi connectivity index (χ0n) is 17.3. The summed E-state index contributed by atoms with van der Waals surface area (Å²) in [6.45, 7) is 2.01. The number of para-hydroxylation sites is 1. The molecule has 0 aliphatic carbocycles. The molecule has 3 aromatic carbocycles. The highest BCUT2D eigenvalue weighted by molar-refractivity contribution is 7.21. The number of azo groups is 1. The van der Waals surface area contributed by atoms with E-state index in [0.717, 1.165) is 48.3 Å². The van der Waals surface area contributed by atoms with E-state index in [1.165, 1.54) is 11.3 Å². The Labute approximate surface area is 194 Å². The number of nitrogens with one attached hydrogen (secondary N) is 1. The Morgan fingerprint density at radius 3 is 2.09 bits per heavy atom. The maximum Gasteiger partial charge on any atom is 0.189 e. The minimum absolute atomic E-state index is 0.749. The molecule has 0 atom stereocenters. The number of benzene rings is 3. The van der Waals surface area contributed by atoms with Crippen LogP contribution in [-0.2, 0) is 0 Å². The third-order valence-corrected chi connectivity index (χ3v) is 6.75. The molecule has 2 heterocycles. The molecule has 1 N–H and O–H groups in total. The van der Waals surface area contributed by atoms with Gasteiger partial charge in [0, 0.05) is 11.3 Å². The van der Waals surface area contributed by atoms with E-state index in [1.807, 2.05) is 85.8 Å². The van der Waals surface area contributed by atoms with E-state index >= 15 is 0 Å². The van der Waals surface area contributed by atoms with Crippen molar-refractivity contribution in [3.8, 4) is 21.1 Å². The van der Waals surface area contributed by atoms with Crippen LogP contribution in [0.1, 0.15) is 5.69 Å². The largest absolute Gasteiger partial charge is 0.331 e. The van der Waals surface area contributed by atoms with E-state index in [-0.39, 0.29) is 0 Å². The zero-order chi connectivity index (χ0) is 21.8. The molecule has 0 bridgehead atoms. The van der Waals surface area contributed by atoms with Crippen molar-refractivity contribution in [1.82, 2.24) is 9.97 Å². The van der Waals surface area contributed by atoms with Gasteiger partial charge in [-0.15, -0.1) is 21.6 Å². The van der Waals surface area contributed by atoms with Crippen LogP contribution < -0.4 is 5.32 Å². The van der Waals surface area contributed by atoms with Crippen LogP contribution in [-0.4, -0.2) is 9.97 Å². The van der Waals surface area contributed by atoms with E-state index in [4.69, 9.17) is 9.97 Å². The third kappa shape index (κ3) is 4.49. The first kappa shape index (κ1) is 20.2. The van der Waals surface area contributed by atoms with Gasteiger partial charge < -0.3 is 5.32 Å². The number of hydrogen-bond acceptors (Lipinski definition) is 7. The number of nitrogens with zero attached hydrogens (tertiary/aromatic N) is 4. The lowest BCUT2D eigenvalue weighted by molar-refractivity contribution is 1.23. The minimum atomic E-state index is 0.749. The number of aromatic nitrogens is 2. The Morgan fingerprint density at radius 1 is 0.719 bits per heavy atom. The fourth-order valence-electron chi connectivity index (χ4n) is 3.14. The molecule has 2 aromatic heterocycles. The van der Waals surface area contributed by atoms with E-state index in [2.05, 4.69) is 27.7 Å². The van der Waals surface area contributed by atoms with Gasteiger partial charge >= 0.3 is 0 Å². The summed E-state index contributed by atoms with van der Waals surface area (Å²) < 4.78 is 0. The summed E-state index contributed by atoms with van der Waals surface area (Å²) in [5.41, 5.74) is 4.60. The van der Waals surface area contributed by atoms with Gasteiger partial charge in [0.15, 0.2) is 10.1 Å². The van der Waals surface area contributed by atoms with Crippen LogP contribution in [0.5, 0.6) is 0 Å². The van der Waals surface area contributed by atoms with Crippen molar-refractivity contribution in [2.45, 2.75) is 6.92 Å². The van der Waals surface area contributed by atoms with Gasteiger partial charge in [0.1, 0.15) is 10.7 Å². The minimum Gasteiger partial charge on any atom is -0.331 e. The first-order valence-corrected chi connectivity index (χ1v) is 11.7. The zero-order valence-corrected chi connectivity index (χ0v) is 18.9. The van der Waals surface area contributed by atoms with Crippen LogP contribution in [0.2, 0.25) is 0 Å². The van der Waals surface area contributed by atoms with Crippen LogP contribution in [0.25, 0.3) is 21.1 Å². The smallest absolute Gasteiger partial charge is 0.189 e. The van der Waals surface area contributed by atoms with Gasteiger partial charge in [-0.25, -0.2) is 9.97 Å². The van der Waals surface area contributed by atoms with Crippen LogP contribution in [0.15, 0.2) is 101 Å². The molecule has 0 saturated heterocycles. The first-order valence-electron chi connectivity index (χ1n) is 10.1. The maximum absolute atomic E-state index is 4.88. The number of rotatable bonds is 6. The predicted octanol–water partition coefficient (Wildman–Crippen LogP) is 8.40. The second kappa shape index (κ2) is 9.21. The topological polar surface area (TPSA) is 62.5 Å². The molecule has 0 aliphatic heterocycles. The Bertz CT molecular complexity index is 1340. The number of hydrogen-bond donors (Lipinski definition) is 1. The van der Waals surface area contributed by atoms with Crippen LogP contribution in [0.3, 0.4) is 0 Å². The van der Waals surface area contributed by atoms with Gasteiger partial charge in [-0.3, -0.25) is 0 Å². The fourth-order valence-corrected chi connectivity index (χ4v) is 5.09. The summed E-state index contributed by atoms with van der Waals surface area (Å²) in [6, 6.07) is 29.9. The molecule has 32 heavy (non-hydrogen) atoms. The van der Waals surface area contributed by atoms with Crippen LogP contribution in [0, 0.1) is 6.92 Å². The van der Waals surface area contributed by atoms with E-state index in [1.54, 1.807) is 11.3 Å². The molecule has 5 aromatic rings. The molecule has 0 spiro atoms. The van der Waals surface area contributed by atoms with Crippen molar-refractivity contribution in [2.75, 3.05) is 5.32 Å². The monoisotopic (exact) mass is 453 g/mol. The highest BCUT2D eigenvalue weighted by Crippen LogP contribution is 2.44. The van der Waals surface area contributed by atoms with E-state index < -0.39 is 0 Å². The van der Waals surface area contributed by atoms with Crippen LogP contribution in [0.4, 0.5) is 21.5 Å². The number of thiazole rings is 2. The van der Waals surface area contributed by atoms with Crippen molar-refractivity contribution >= 4 is 44.2 Å². The first-order chi connectivity index (χ1) is 15.8. The van der Waals surface area contributed by atoms with Gasteiger partial charge in [-0.05, 0) is 31.2 Å². The van der Waals surface area contributed by atoms with Crippen molar-refractivity contribution in [3.63, 3.8) is 0 Å². The van der Waals surface area contributed by atoms with Gasteiger partial charge in [-0.2, -0.15) is 0 Å². The van der Waals surface area contributed by atoms with Crippen molar-refractivity contribution in [3.05, 3.63) is 96.7 Å². The third-order valence-electron chi connectivity index (χ3n) is 4.68. The predicted molar refractivity (Wildman–Crippen MR) is 134 cm³/mol. The molecule has 0 radical (unpaired) electrons. The summed E-state index contributed by atoms with van der Waals surface area (Å²) in [6.07, 6.45) is 0. The van der Waals surface area contributed by atoms with Gasteiger partial charge in [0.2, 0.25) is 0 Å². The molecule has 0 unspecified atom stereocenters. The summed E-state index contributed by atoms with van der Waals surface area (Å²) >= 11 is 3.10. The molecular formula is C25H19N5S2. The molecule has 5 rings (SSSR count). The quantitative estimate of drug-likeness (QED) is 0.263. The van der Waals surface area contributed by atoms with Crippen LogP contribution >= 0.6 is 22.7 Å². The summed E-state index contributed by atoms with van der Waals surface area (Å²) in [5.74, 6) is 0. The lowest BCUT2D eigenvalue weighted by Gasteiger charge is -2.00. The molecule has 5 nitrogen and oxygen atoms in total. The van der Waals surface area contributed by atoms with E-state index in [0.29, 0.717) is 0 Å². The van der Waals surface area contributed by atoms with Crippen molar-refractivity contribution in [2.24, 2.45) is 10.2 Å². The standard InChI is InChI=1S/C25H19N5S2/c1-17-22(31-23(26-17)18-11-5-2-6-12-18)21-24(30-29-20-15-9-4-10-16-20)32-25(28-21)27-19-13-7-3-8-14-19/h2-16H,1H3,(H,27,28). The lowest BCUT2D eigenvalue weighted by atomic mass is 10.2. The van der Waals surface area contributed by atoms with Crippen molar-refractivity contribution in [1.29, 1.82) is 0 Å². The Hall–Kier alpha value is -3.68. The summed E-state index contributed by atoms with van der Waals surface area (Å²) in [7, 11) is 0. The summed E-state index contributed by atoms with van der Waals surface area (Å²) in [5, 5.41) is 14.9. The molecular weight excluding hydrogens is 434 g/mol. The molecule has 0 amide bonds. The highest BCUT2D eigenvalue weighted by atomic mass is 32.1. The Balaban J connectivity index is 1.55. The maximum atomic E-state index is 4.88. The molecule has 156 valence electrons. The second-order valence-corrected chi connectivity index (χ2v) is 8.98. The van der Waals surface area contributed by atoms with E-state index in [9.17, 15) is 0 Å². The molecule has 0 saturated carbocycles. The highest BCUT2D eigenvalue weighted by Gasteiger charge is 2.20. The number of aryl methyl sites for hydroxylation is 1. The lowest BCUT2D eigenvalue weighted by Crippen LogP contribution is -1.88. The Morgan fingerprint density at radius 2 is 1.38 bits per heavy atom. The average Bonchev–Trinajstić information content (AvgIpc) is 3.42. The average molecular weight is 454 g/mol. The molecule has 0 fully saturated rings. The van der Waals surface area contributed by atoms with Gasteiger partial charge in [-0.1, -0.05) is 78.1 Å². The fraction of sp³-hybridized carbons (Fsp3) is 0.0400. The van der Waals surface area contributed by atoms with Crippen molar-refractivity contribution < 1.29 is 0 Å². The van der Waals surface area contributed by atoms with Gasteiger partial charge in [0.25, 0.3) is 0 Å². The summed E-state index contributed by atoms with van der Waals surface area (Å²) in [4.78, 5) is 10.7. The van der Waals surface area contributed by atoms with Gasteiger partial charge in [0.05, 0.1) is 16.3 Å². The SMILES string of the molecule is Cc1nc(-c2ccccc2)sc1-c1nc(Nc2ccccc2)sc1N=Nc1ccccc1. The molecule has 7 heteroatoms. The normalized spacial score (nSPS) is 11.2. The number of anilines is 2. The second-order valence-electron chi connectivity index (χ2n) is 7.00.